The third kappa shape index (κ3) is 3.55. The first-order valence-electron chi connectivity index (χ1n) is 6.40. The van der Waals surface area contributed by atoms with Crippen LogP contribution in [0.3, 0.4) is 0 Å². The van der Waals surface area contributed by atoms with Crippen LogP contribution in [-0.2, 0) is 11.2 Å². The van der Waals surface area contributed by atoms with Crippen LogP contribution in [0.2, 0.25) is 0 Å². The minimum absolute atomic E-state index is 0.236. The minimum Gasteiger partial charge on any atom is -0.295 e. The summed E-state index contributed by atoms with van der Waals surface area (Å²) in [6.45, 7) is 8.03. The van der Waals surface area contributed by atoms with Gasteiger partial charge >= 0.3 is 0 Å². The fourth-order valence-corrected chi connectivity index (χ4v) is 1.90. The molecule has 0 aliphatic heterocycles. The number of rotatable bonds is 5. The predicted molar refractivity (Wildman–Crippen MR) is 74.0 cm³/mol. The SMILES string of the molecule is CCCc1ccc(/C(C)=C(\C)C(=O)CC)cc1. The highest BCUT2D eigenvalue weighted by atomic mass is 16.1. The minimum atomic E-state index is 0.236. The summed E-state index contributed by atoms with van der Waals surface area (Å²) in [5, 5.41) is 0. The summed E-state index contributed by atoms with van der Waals surface area (Å²) < 4.78 is 0. The monoisotopic (exact) mass is 230 g/mol. The molecule has 0 atom stereocenters. The molecule has 0 aliphatic carbocycles. The molecule has 0 spiro atoms. The van der Waals surface area contributed by atoms with Crippen molar-refractivity contribution in [1.82, 2.24) is 0 Å². The first kappa shape index (κ1) is 13.7. The second-order valence-electron chi connectivity index (χ2n) is 4.47. The number of carbonyl (C=O) groups is 1. The van der Waals surface area contributed by atoms with Crippen molar-refractivity contribution in [2.24, 2.45) is 0 Å². The van der Waals surface area contributed by atoms with E-state index in [4.69, 9.17) is 0 Å². The molecule has 0 aromatic heterocycles. The smallest absolute Gasteiger partial charge is 0.158 e. The van der Waals surface area contributed by atoms with Crippen molar-refractivity contribution in [1.29, 1.82) is 0 Å². The topological polar surface area (TPSA) is 17.1 Å². The van der Waals surface area contributed by atoms with Crippen molar-refractivity contribution in [3.8, 4) is 0 Å². The van der Waals surface area contributed by atoms with Crippen molar-refractivity contribution in [2.45, 2.75) is 47.0 Å². The maximum Gasteiger partial charge on any atom is 0.158 e. The number of benzene rings is 1. The van der Waals surface area contributed by atoms with E-state index in [1.807, 2.05) is 20.8 Å². The molecule has 0 saturated carbocycles. The lowest BCUT2D eigenvalue weighted by Crippen LogP contribution is -1.99. The summed E-state index contributed by atoms with van der Waals surface area (Å²) in [5.74, 6) is 0.236. The van der Waals surface area contributed by atoms with E-state index >= 15 is 0 Å². The van der Waals surface area contributed by atoms with E-state index in [9.17, 15) is 4.79 Å². The number of allylic oxidation sites excluding steroid dienone is 2. The molecule has 92 valence electrons. The van der Waals surface area contributed by atoms with Crippen LogP contribution in [0.5, 0.6) is 0 Å². The molecule has 0 bridgehead atoms. The van der Waals surface area contributed by atoms with E-state index in [1.54, 1.807) is 0 Å². The van der Waals surface area contributed by atoms with Gasteiger partial charge in [-0.25, -0.2) is 0 Å². The lowest BCUT2D eigenvalue weighted by Gasteiger charge is -2.07. The zero-order valence-electron chi connectivity index (χ0n) is 11.3. The second kappa shape index (κ2) is 6.39. The Balaban J connectivity index is 2.96. The van der Waals surface area contributed by atoms with E-state index in [-0.39, 0.29) is 5.78 Å². The van der Waals surface area contributed by atoms with E-state index in [1.165, 1.54) is 12.0 Å². The Labute approximate surface area is 105 Å². The van der Waals surface area contributed by atoms with Gasteiger partial charge < -0.3 is 0 Å². The number of carbonyl (C=O) groups excluding carboxylic acids is 1. The van der Waals surface area contributed by atoms with E-state index < -0.39 is 0 Å². The zero-order valence-corrected chi connectivity index (χ0v) is 11.3. The molecule has 0 saturated heterocycles. The van der Waals surface area contributed by atoms with E-state index in [2.05, 4.69) is 31.2 Å². The Bertz CT molecular complexity index is 410. The number of hydrogen-bond acceptors (Lipinski definition) is 1. The number of ketones is 1. The van der Waals surface area contributed by atoms with Crippen LogP contribution >= 0.6 is 0 Å². The van der Waals surface area contributed by atoms with Crippen LogP contribution in [0.1, 0.15) is 51.7 Å². The maximum atomic E-state index is 11.6. The van der Waals surface area contributed by atoms with Crippen molar-refractivity contribution in [3.63, 3.8) is 0 Å². The number of hydrogen-bond donors (Lipinski definition) is 0. The number of aryl methyl sites for hydroxylation is 1. The van der Waals surface area contributed by atoms with Crippen LogP contribution in [0.15, 0.2) is 29.8 Å². The van der Waals surface area contributed by atoms with Gasteiger partial charge in [-0.3, -0.25) is 4.79 Å². The largest absolute Gasteiger partial charge is 0.295 e. The molecule has 0 heterocycles. The van der Waals surface area contributed by atoms with Crippen molar-refractivity contribution in [3.05, 3.63) is 41.0 Å². The Hall–Kier alpha value is -1.37. The highest BCUT2D eigenvalue weighted by Crippen LogP contribution is 2.20. The van der Waals surface area contributed by atoms with Gasteiger partial charge in [0, 0.05) is 6.42 Å². The molecule has 0 fully saturated rings. The molecule has 1 nitrogen and oxygen atoms in total. The van der Waals surface area contributed by atoms with Crippen LogP contribution in [0.4, 0.5) is 0 Å². The fraction of sp³-hybridized carbons (Fsp3) is 0.438. The molecule has 1 heteroatoms. The summed E-state index contributed by atoms with van der Waals surface area (Å²) in [4.78, 5) is 11.6. The Morgan fingerprint density at radius 3 is 2.12 bits per heavy atom. The summed E-state index contributed by atoms with van der Waals surface area (Å²) in [6.07, 6.45) is 2.87. The third-order valence-electron chi connectivity index (χ3n) is 3.23. The molecule has 1 rings (SSSR count). The summed E-state index contributed by atoms with van der Waals surface area (Å²) in [7, 11) is 0. The first-order chi connectivity index (χ1) is 8.10. The third-order valence-corrected chi connectivity index (χ3v) is 3.23. The second-order valence-corrected chi connectivity index (χ2v) is 4.47. The van der Waals surface area contributed by atoms with Gasteiger partial charge in [0.1, 0.15) is 0 Å². The van der Waals surface area contributed by atoms with Gasteiger partial charge in [-0.05, 0) is 42.5 Å². The molecule has 0 N–H and O–H groups in total. The van der Waals surface area contributed by atoms with Crippen molar-refractivity contribution >= 4 is 11.4 Å². The van der Waals surface area contributed by atoms with Crippen LogP contribution < -0.4 is 0 Å². The molecular formula is C16H22O. The molecule has 0 aliphatic rings. The number of Topliss-reactive ketones (excluding diaryl/α,β-unsaturated/α-hetero) is 1. The average molecular weight is 230 g/mol. The standard InChI is InChI=1S/C16H22O/c1-5-7-14-8-10-15(11-9-14)12(3)13(4)16(17)6-2/h8-11H,5-7H2,1-4H3/b13-12+. The lowest BCUT2D eigenvalue weighted by atomic mass is 9.97. The van der Waals surface area contributed by atoms with Crippen molar-refractivity contribution < 1.29 is 4.79 Å². The lowest BCUT2D eigenvalue weighted by molar-refractivity contribution is -0.115. The Morgan fingerprint density at radius 1 is 1.06 bits per heavy atom. The molecular weight excluding hydrogens is 208 g/mol. The van der Waals surface area contributed by atoms with Crippen LogP contribution in [-0.4, -0.2) is 5.78 Å². The van der Waals surface area contributed by atoms with Gasteiger partial charge in [0.15, 0.2) is 5.78 Å². The van der Waals surface area contributed by atoms with Gasteiger partial charge in [-0.15, -0.1) is 0 Å². The molecule has 1 aromatic carbocycles. The highest BCUT2D eigenvalue weighted by molar-refractivity contribution is 6.01. The summed E-state index contributed by atoms with van der Waals surface area (Å²) in [6, 6.07) is 8.55. The van der Waals surface area contributed by atoms with E-state index in [0.29, 0.717) is 6.42 Å². The molecule has 0 unspecified atom stereocenters. The normalized spacial score (nSPS) is 12.2. The average Bonchev–Trinajstić information content (AvgIpc) is 2.37. The van der Waals surface area contributed by atoms with E-state index in [0.717, 1.165) is 23.1 Å². The molecule has 0 amide bonds. The highest BCUT2D eigenvalue weighted by Gasteiger charge is 2.07. The van der Waals surface area contributed by atoms with Gasteiger partial charge in [0.05, 0.1) is 0 Å². The molecule has 17 heavy (non-hydrogen) atoms. The fourth-order valence-electron chi connectivity index (χ4n) is 1.90. The summed E-state index contributed by atoms with van der Waals surface area (Å²) in [5.41, 5.74) is 4.50. The Kier molecular flexibility index (Phi) is 5.14. The summed E-state index contributed by atoms with van der Waals surface area (Å²) >= 11 is 0. The zero-order chi connectivity index (χ0) is 12.8. The van der Waals surface area contributed by atoms with Gasteiger partial charge in [0.2, 0.25) is 0 Å². The van der Waals surface area contributed by atoms with Gasteiger partial charge in [-0.1, -0.05) is 44.5 Å². The predicted octanol–water partition coefficient (Wildman–Crippen LogP) is 4.41. The molecule has 1 aromatic rings. The van der Waals surface area contributed by atoms with Crippen molar-refractivity contribution in [2.75, 3.05) is 0 Å². The van der Waals surface area contributed by atoms with Gasteiger partial charge in [0.25, 0.3) is 0 Å². The van der Waals surface area contributed by atoms with Crippen LogP contribution in [0.25, 0.3) is 5.57 Å². The molecule has 0 radical (unpaired) electrons. The van der Waals surface area contributed by atoms with Gasteiger partial charge in [-0.2, -0.15) is 0 Å². The first-order valence-corrected chi connectivity index (χ1v) is 6.40. The maximum absolute atomic E-state index is 11.6. The van der Waals surface area contributed by atoms with Crippen LogP contribution in [0, 0.1) is 0 Å². The quantitative estimate of drug-likeness (QED) is 0.685. The Morgan fingerprint density at radius 2 is 1.65 bits per heavy atom.